The minimum atomic E-state index is -3.14. The molecule has 0 bridgehead atoms. The second-order valence-corrected chi connectivity index (χ2v) is 22.7. The van der Waals surface area contributed by atoms with Crippen LogP contribution < -0.4 is 20.7 Å². The molecular formula is C54H50N6Si. The predicted molar refractivity (Wildman–Crippen MR) is 256 cm³/mol. The number of hydrogen-bond acceptors (Lipinski definition) is 4. The number of benzene rings is 4. The summed E-state index contributed by atoms with van der Waals surface area (Å²) in [5, 5.41) is 9.30. The van der Waals surface area contributed by atoms with Crippen LogP contribution in [0.3, 0.4) is 0 Å². The number of nitrogens with zero attached hydrogens (tertiary/aromatic N) is 6. The van der Waals surface area contributed by atoms with Gasteiger partial charge in [0.15, 0.2) is 8.07 Å². The average molecular weight is 811 g/mol. The van der Waals surface area contributed by atoms with E-state index in [1.165, 1.54) is 31.9 Å². The van der Waals surface area contributed by atoms with Gasteiger partial charge in [0.05, 0.1) is 0 Å². The molecule has 4 aromatic carbocycles. The van der Waals surface area contributed by atoms with Crippen molar-refractivity contribution in [2.45, 2.75) is 54.4 Å². The zero-order valence-electron chi connectivity index (χ0n) is 35.8. The first kappa shape index (κ1) is 38.5. The van der Waals surface area contributed by atoms with E-state index >= 15 is 0 Å². The van der Waals surface area contributed by atoms with Gasteiger partial charge in [-0.05, 0) is 104 Å². The standard InChI is InChI=1S/C54H50N6Si/c1-53(2,3)31-37-27-45-47-29-43(35-57-51(47)59(49(45)55-33-37)39-19-11-7-12-20-39)61(41-23-15-9-16-24-41,42-25-17-10-18-26-42)44-30-48-46-28-38(32-54(4,5)6)34-56-50(46)60(52(48)58-36-44)40-21-13-8-14-22-40/h7-30,33-36H,31-32H2,1-6H3. The molecular weight excluding hydrogens is 761 g/mol. The molecule has 0 spiro atoms. The number of fused-ring (bicyclic) bond motifs is 6. The van der Waals surface area contributed by atoms with Crippen molar-refractivity contribution in [3.8, 4) is 11.4 Å². The molecule has 10 aromatic rings. The van der Waals surface area contributed by atoms with Gasteiger partial charge in [-0.25, -0.2) is 19.9 Å². The molecule has 0 aliphatic heterocycles. The molecule has 0 N–H and O–H groups in total. The van der Waals surface area contributed by atoms with E-state index in [-0.39, 0.29) is 10.8 Å². The smallest absolute Gasteiger partial charge is 0.182 e. The van der Waals surface area contributed by atoms with Crippen molar-refractivity contribution in [1.29, 1.82) is 0 Å². The van der Waals surface area contributed by atoms with E-state index in [1.54, 1.807) is 0 Å². The highest BCUT2D eigenvalue weighted by atomic mass is 28.3. The van der Waals surface area contributed by atoms with Crippen LogP contribution >= 0.6 is 0 Å². The van der Waals surface area contributed by atoms with Gasteiger partial charge in [0.25, 0.3) is 0 Å². The van der Waals surface area contributed by atoms with E-state index in [0.29, 0.717) is 0 Å². The van der Waals surface area contributed by atoms with E-state index in [9.17, 15) is 0 Å². The summed E-state index contributed by atoms with van der Waals surface area (Å²) >= 11 is 0. The van der Waals surface area contributed by atoms with Crippen molar-refractivity contribution in [2.24, 2.45) is 10.8 Å². The Morgan fingerprint density at radius 2 is 0.689 bits per heavy atom. The largest absolute Gasteiger partial charge is 0.278 e. The molecule has 0 aliphatic carbocycles. The Balaban J connectivity index is 1.31. The Morgan fingerprint density at radius 3 is 1.03 bits per heavy atom. The maximum atomic E-state index is 5.47. The summed E-state index contributed by atoms with van der Waals surface area (Å²) in [6.07, 6.45) is 10.2. The van der Waals surface area contributed by atoms with Gasteiger partial charge >= 0.3 is 0 Å². The van der Waals surface area contributed by atoms with E-state index in [2.05, 4.69) is 209 Å². The number of rotatable bonds is 8. The molecule has 0 amide bonds. The van der Waals surface area contributed by atoms with Crippen LogP contribution in [-0.4, -0.2) is 37.1 Å². The van der Waals surface area contributed by atoms with Crippen LogP contribution in [0.2, 0.25) is 0 Å². The van der Waals surface area contributed by atoms with Crippen molar-refractivity contribution in [2.75, 3.05) is 0 Å². The Hall–Kier alpha value is -6.70. The lowest BCUT2D eigenvalue weighted by molar-refractivity contribution is 0.410. The average Bonchev–Trinajstić information content (AvgIpc) is 3.76. The quantitative estimate of drug-likeness (QED) is 0.144. The van der Waals surface area contributed by atoms with Crippen molar-refractivity contribution >= 4 is 73.0 Å². The van der Waals surface area contributed by atoms with E-state index < -0.39 is 8.07 Å². The Bertz CT molecular complexity index is 2980. The molecule has 0 atom stereocenters. The Labute approximate surface area is 358 Å². The summed E-state index contributed by atoms with van der Waals surface area (Å²) in [5.74, 6) is 0. The van der Waals surface area contributed by atoms with Gasteiger partial charge in [-0.2, -0.15) is 0 Å². The van der Waals surface area contributed by atoms with Crippen LogP contribution in [0.5, 0.6) is 0 Å². The third kappa shape index (κ3) is 6.83. The molecule has 0 saturated carbocycles. The van der Waals surface area contributed by atoms with Crippen LogP contribution in [0.4, 0.5) is 0 Å². The van der Waals surface area contributed by atoms with E-state index in [4.69, 9.17) is 19.9 Å². The zero-order valence-corrected chi connectivity index (χ0v) is 36.8. The van der Waals surface area contributed by atoms with Crippen molar-refractivity contribution in [3.63, 3.8) is 0 Å². The van der Waals surface area contributed by atoms with E-state index in [1.807, 2.05) is 12.4 Å². The van der Waals surface area contributed by atoms with Gasteiger partial charge in [0.1, 0.15) is 22.6 Å². The zero-order chi connectivity index (χ0) is 41.9. The fourth-order valence-corrected chi connectivity index (χ4v) is 14.1. The Morgan fingerprint density at radius 1 is 0.377 bits per heavy atom. The predicted octanol–water partition coefficient (Wildman–Crippen LogP) is 10.0. The highest BCUT2D eigenvalue weighted by Crippen LogP contribution is 2.34. The molecule has 6 heterocycles. The maximum absolute atomic E-state index is 5.47. The minimum absolute atomic E-state index is 0.109. The first-order valence-electron chi connectivity index (χ1n) is 21.3. The van der Waals surface area contributed by atoms with Gasteiger partial charge in [-0.15, -0.1) is 0 Å². The van der Waals surface area contributed by atoms with Gasteiger partial charge in [0.2, 0.25) is 0 Å². The monoisotopic (exact) mass is 810 g/mol. The number of para-hydroxylation sites is 2. The highest BCUT2D eigenvalue weighted by molar-refractivity contribution is 7.20. The second-order valence-electron chi connectivity index (χ2n) is 18.9. The molecule has 300 valence electrons. The third-order valence-electron chi connectivity index (χ3n) is 11.8. The molecule has 0 fully saturated rings. The molecule has 61 heavy (non-hydrogen) atoms. The fraction of sp³-hybridized carbons (Fsp3) is 0.185. The number of pyridine rings is 4. The van der Waals surface area contributed by atoms with Crippen LogP contribution in [0, 0.1) is 10.8 Å². The lowest BCUT2D eigenvalue weighted by Gasteiger charge is -2.34. The van der Waals surface area contributed by atoms with Gasteiger partial charge in [-0.1, -0.05) is 139 Å². The van der Waals surface area contributed by atoms with E-state index in [0.717, 1.165) is 68.4 Å². The number of aromatic nitrogens is 6. The topological polar surface area (TPSA) is 61.4 Å². The second kappa shape index (κ2) is 14.8. The summed E-state index contributed by atoms with van der Waals surface area (Å²) in [7, 11) is -3.14. The van der Waals surface area contributed by atoms with Crippen LogP contribution in [0.15, 0.2) is 170 Å². The molecule has 6 aromatic heterocycles. The summed E-state index contributed by atoms with van der Waals surface area (Å²) in [4.78, 5) is 21.3. The van der Waals surface area contributed by atoms with Crippen molar-refractivity contribution < 1.29 is 0 Å². The summed E-state index contributed by atoms with van der Waals surface area (Å²) < 4.78 is 4.44. The lowest BCUT2D eigenvalue weighted by atomic mass is 9.88. The number of hydrogen-bond donors (Lipinski definition) is 0. The van der Waals surface area contributed by atoms with Crippen molar-refractivity contribution in [3.05, 3.63) is 182 Å². The highest BCUT2D eigenvalue weighted by Gasteiger charge is 2.43. The molecule has 0 unspecified atom stereocenters. The summed E-state index contributed by atoms with van der Waals surface area (Å²) in [6.45, 7) is 13.7. The molecule has 10 rings (SSSR count). The maximum Gasteiger partial charge on any atom is 0.182 e. The minimum Gasteiger partial charge on any atom is -0.278 e. The van der Waals surface area contributed by atoms with Crippen LogP contribution in [0.1, 0.15) is 52.7 Å². The normalized spacial score (nSPS) is 12.6. The SMILES string of the molecule is CC(C)(C)Cc1cnc2c(c1)c1cc([Si](c3ccccc3)(c3ccccc3)c3cnc4c(c3)c3cc(CC(C)(C)C)cnc3n4-c3ccccc3)cnc1n2-c1ccccc1. The molecule has 0 radical (unpaired) electrons. The third-order valence-corrected chi connectivity index (χ3v) is 16.5. The molecule has 7 heteroatoms. The first-order valence-corrected chi connectivity index (χ1v) is 23.3. The molecule has 0 saturated heterocycles. The van der Waals surface area contributed by atoms with Gasteiger partial charge in [-0.3, -0.25) is 9.13 Å². The first-order chi connectivity index (χ1) is 29.5. The summed E-state index contributed by atoms with van der Waals surface area (Å²) in [5.41, 5.74) is 8.34. The molecule has 0 aliphatic rings. The fourth-order valence-electron chi connectivity index (χ4n) is 9.47. The molecule has 6 nitrogen and oxygen atoms in total. The van der Waals surface area contributed by atoms with Gasteiger partial charge < -0.3 is 0 Å². The van der Waals surface area contributed by atoms with Crippen LogP contribution in [0.25, 0.3) is 55.5 Å². The van der Waals surface area contributed by atoms with Crippen molar-refractivity contribution in [1.82, 2.24) is 29.1 Å². The van der Waals surface area contributed by atoms with Crippen LogP contribution in [-0.2, 0) is 12.8 Å². The lowest BCUT2D eigenvalue weighted by Crippen LogP contribution is -2.74. The van der Waals surface area contributed by atoms with Gasteiger partial charge in [0, 0.05) is 57.7 Å². The Kier molecular flexibility index (Phi) is 9.33. The summed E-state index contributed by atoms with van der Waals surface area (Å²) in [6, 6.07) is 52.7.